The van der Waals surface area contributed by atoms with E-state index in [0.29, 0.717) is 12.5 Å². The first-order valence-electron chi connectivity index (χ1n) is 8.71. The number of ether oxygens (including phenoxy) is 1. The molecule has 0 unspecified atom stereocenters. The summed E-state index contributed by atoms with van der Waals surface area (Å²) >= 11 is 5.26. The predicted molar refractivity (Wildman–Crippen MR) is 105 cm³/mol. The van der Waals surface area contributed by atoms with Crippen molar-refractivity contribution in [1.29, 1.82) is 0 Å². The van der Waals surface area contributed by atoms with Crippen LogP contribution in [0.3, 0.4) is 0 Å². The van der Waals surface area contributed by atoms with Crippen molar-refractivity contribution < 1.29 is 9.53 Å². The summed E-state index contributed by atoms with van der Waals surface area (Å²) in [5, 5.41) is 7.64. The summed E-state index contributed by atoms with van der Waals surface area (Å²) in [5.41, 5.74) is 3.05. The normalized spacial score (nSPS) is 21.8. The zero-order valence-electron chi connectivity index (χ0n) is 14.3. The highest BCUT2D eigenvalue weighted by molar-refractivity contribution is 9.10. The Morgan fingerprint density at radius 2 is 2.20 bits per heavy atom. The third kappa shape index (κ3) is 3.06. The largest absolute Gasteiger partial charge is 0.493 e. The van der Waals surface area contributed by atoms with Gasteiger partial charge in [0.15, 0.2) is 0 Å². The van der Waals surface area contributed by atoms with Crippen LogP contribution in [-0.2, 0) is 12.8 Å². The van der Waals surface area contributed by atoms with Gasteiger partial charge in [0.25, 0.3) is 5.91 Å². The third-order valence-electron chi connectivity index (χ3n) is 4.87. The SMILES string of the molecule is CCOc1ccc(Br)cc1[C@H]1NC(=O)c2c(sc3c2CC[C@H](C)C3)N1. The highest BCUT2D eigenvalue weighted by Crippen LogP contribution is 2.43. The van der Waals surface area contributed by atoms with Gasteiger partial charge in [-0.15, -0.1) is 11.3 Å². The van der Waals surface area contributed by atoms with Crippen LogP contribution in [0.25, 0.3) is 0 Å². The molecule has 132 valence electrons. The van der Waals surface area contributed by atoms with Crippen LogP contribution in [0.15, 0.2) is 22.7 Å². The van der Waals surface area contributed by atoms with Crippen LogP contribution in [0.4, 0.5) is 5.00 Å². The number of carbonyl (C=O) groups excluding carboxylic acids is 1. The Labute approximate surface area is 160 Å². The van der Waals surface area contributed by atoms with Crippen LogP contribution in [0.2, 0.25) is 0 Å². The summed E-state index contributed by atoms with van der Waals surface area (Å²) in [6.45, 7) is 4.84. The second kappa shape index (κ2) is 6.65. The molecule has 1 aromatic heterocycles. The summed E-state index contributed by atoms with van der Waals surface area (Å²) in [6, 6.07) is 5.90. The van der Waals surface area contributed by atoms with E-state index < -0.39 is 0 Å². The van der Waals surface area contributed by atoms with Crippen LogP contribution >= 0.6 is 27.3 Å². The molecule has 2 N–H and O–H groups in total. The maximum absolute atomic E-state index is 12.8. The van der Waals surface area contributed by atoms with E-state index in [4.69, 9.17) is 4.74 Å². The average Bonchev–Trinajstić information content (AvgIpc) is 2.94. The molecule has 0 radical (unpaired) electrons. The van der Waals surface area contributed by atoms with Gasteiger partial charge < -0.3 is 15.4 Å². The van der Waals surface area contributed by atoms with Crippen LogP contribution in [-0.4, -0.2) is 12.5 Å². The molecule has 0 saturated carbocycles. The lowest BCUT2D eigenvalue weighted by Crippen LogP contribution is -2.38. The molecule has 0 bridgehead atoms. The summed E-state index contributed by atoms with van der Waals surface area (Å²) in [5.74, 6) is 1.51. The van der Waals surface area contributed by atoms with Crippen molar-refractivity contribution in [2.45, 2.75) is 39.3 Å². The van der Waals surface area contributed by atoms with E-state index in [1.807, 2.05) is 25.1 Å². The predicted octanol–water partition coefficient (Wildman–Crippen LogP) is 4.89. The van der Waals surface area contributed by atoms with Crippen LogP contribution in [0.5, 0.6) is 5.75 Å². The Bertz CT molecular complexity index is 833. The highest BCUT2D eigenvalue weighted by Gasteiger charge is 2.34. The first kappa shape index (κ1) is 16.9. The number of thiophene rings is 1. The number of carbonyl (C=O) groups is 1. The fourth-order valence-corrected chi connectivity index (χ4v) is 5.47. The number of halogens is 1. The van der Waals surface area contributed by atoms with Crippen molar-refractivity contribution >= 4 is 38.2 Å². The van der Waals surface area contributed by atoms with Gasteiger partial charge in [0.1, 0.15) is 16.9 Å². The molecule has 0 spiro atoms. The molecule has 2 heterocycles. The minimum absolute atomic E-state index is 0.0215. The maximum Gasteiger partial charge on any atom is 0.256 e. The van der Waals surface area contributed by atoms with Crippen molar-refractivity contribution in [3.8, 4) is 5.75 Å². The molecule has 6 heteroatoms. The Hall–Kier alpha value is -1.53. The fourth-order valence-electron chi connectivity index (χ4n) is 3.65. The van der Waals surface area contributed by atoms with Gasteiger partial charge in [-0.2, -0.15) is 0 Å². The summed E-state index contributed by atoms with van der Waals surface area (Å²) in [7, 11) is 0. The lowest BCUT2D eigenvalue weighted by Gasteiger charge is -2.28. The number of benzene rings is 1. The van der Waals surface area contributed by atoms with Gasteiger partial charge in [0.05, 0.1) is 12.2 Å². The topological polar surface area (TPSA) is 50.4 Å². The first-order chi connectivity index (χ1) is 12.1. The Balaban J connectivity index is 1.71. The molecule has 2 aromatic rings. The molecular weight excluding hydrogens is 400 g/mol. The van der Waals surface area contributed by atoms with Gasteiger partial charge >= 0.3 is 0 Å². The molecule has 4 nitrogen and oxygen atoms in total. The van der Waals surface area contributed by atoms with E-state index in [2.05, 4.69) is 33.5 Å². The Morgan fingerprint density at radius 3 is 3.00 bits per heavy atom. The molecule has 25 heavy (non-hydrogen) atoms. The van der Waals surface area contributed by atoms with E-state index in [0.717, 1.165) is 45.6 Å². The van der Waals surface area contributed by atoms with Crippen LogP contribution < -0.4 is 15.4 Å². The Kier molecular flexibility index (Phi) is 4.50. The van der Waals surface area contributed by atoms with E-state index in [1.54, 1.807) is 11.3 Å². The van der Waals surface area contributed by atoms with E-state index in [-0.39, 0.29) is 12.1 Å². The molecule has 0 saturated heterocycles. The molecular formula is C19H21BrN2O2S. The summed E-state index contributed by atoms with van der Waals surface area (Å²) in [6.07, 6.45) is 2.96. The van der Waals surface area contributed by atoms with Gasteiger partial charge in [0.2, 0.25) is 0 Å². The quantitative estimate of drug-likeness (QED) is 0.742. The minimum Gasteiger partial charge on any atom is -0.493 e. The van der Waals surface area contributed by atoms with Gasteiger partial charge in [0, 0.05) is 14.9 Å². The fraction of sp³-hybridized carbons (Fsp3) is 0.421. The second-order valence-electron chi connectivity index (χ2n) is 6.72. The van der Waals surface area contributed by atoms with Crippen molar-refractivity contribution in [3.05, 3.63) is 44.2 Å². The van der Waals surface area contributed by atoms with Gasteiger partial charge in [-0.25, -0.2) is 0 Å². The van der Waals surface area contributed by atoms with Crippen LogP contribution in [0, 0.1) is 5.92 Å². The summed E-state index contributed by atoms with van der Waals surface area (Å²) in [4.78, 5) is 14.2. The molecule has 2 atom stereocenters. The maximum atomic E-state index is 12.8. The smallest absolute Gasteiger partial charge is 0.256 e. The van der Waals surface area contributed by atoms with Gasteiger partial charge in [-0.1, -0.05) is 22.9 Å². The Morgan fingerprint density at radius 1 is 1.36 bits per heavy atom. The van der Waals surface area contributed by atoms with Crippen LogP contribution in [0.1, 0.15) is 52.8 Å². The van der Waals surface area contributed by atoms with Crippen molar-refractivity contribution in [3.63, 3.8) is 0 Å². The molecule has 2 aliphatic rings. The molecule has 1 amide bonds. The molecule has 4 rings (SSSR count). The standard InChI is InChI=1S/C19H21BrN2O2S/c1-3-24-14-7-5-11(20)9-13(14)17-21-18(23)16-12-6-4-10(2)8-15(12)25-19(16)22-17/h5,7,9-10,17,22H,3-4,6,8H2,1-2H3,(H,21,23)/t10-,17-/m0/s1. The zero-order chi connectivity index (χ0) is 17.6. The first-order valence-corrected chi connectivity index (χ1v) is 10.3. The number of hydrogen-bond acceptors (Lipinski definition) is 4. The van der Waals surface area contributed by atoms with E-state index in [1.165, 1.54) is 10.4 Å². The van der Waals surface area contributed by atoms with Crippen molar-refractivity contribution in [2.75, 3.05) is 11.9 Å². The average molecular weight is 421 g/mol. The van der Waals surface area contributed by atoms with Crippen molar-refractivity contribution in [1.82, 2.24) is 5.32 Å². The van der Waals surface area contributed by atoms with Gasteiger partial charge in [-0.05, 0) is 55.9 Å². The number of fused-ring (bicyclic) bond motifs is 3. The van der Waals surface area contributed by atoms with E-state index in [9.17, 15) is 4.79 Å². The lowest BCUT2D eigenvalue weighted by molar-refractivity contribution is 0.0934. The molecule has 0 fully saturated rings. The second-order valence-corrected chi connectivity index (χ2v) is 8.74. The molecule has 1 aromatic carbocycles. The van der Waals surface area contributed by atoms with Gasteiger partial charge in [-0.3, -0.25) is 4.79 Å². The third-order valence-corrected chi connectivity index (χ3v) is 6.55. The minimum atomic E-state index is -0.281. The number of hydrogen-bond donors (Lipinski definition) is 2. The summed E-state index contributed by atoms with van der Waals surface area (Å²) < 4.78 is 6.72. The zero-order valence-corrected chi connectivity index (χ0v) is 16.7. The molecule has 1 aliphatic heterocycles. The van der Waals surface area contributed by atoms with E-state index >= 15 is 0 Å². The number of rotatable bonds is 3. The number of amides is 1. The number of nitrogens with one attached hydrogen (secondary N) is 2. The number of anilines is 1. The monoisotopic (exact) mass is 420 g/mol. The highest BCUT2D eigenvalue weighted by atomic mass is 79.9. The van der Waals surface area contributed by atoms with Crippen molar-refractivity contribution in [2.24, 2.45) is 5.92 Å². The lowest BCUT2D eigenvalue weighted by atomic mass is 9.88. The molecule has 1 aliphatic carbocycles.